The first kappa shape index (κ1) is 18.6. The molecule has 1 aromatic carbocycles. The van der Waals surface area contributed by atoms with Crippen LogP contribution in [0.4, 0.5) is 0 Å². The number of esters is 1. The second kappa shape index (κ2) is 8.89. The Morgan fingerprint density at radius 1 is 1.04 bits per heavy atom. The zero-order chi connectivity index (χ0) is 17.4. The number of ether oxygens (including phenoxy) is 1. The van der Waals surface area contributed by atoms with Crippen LogP contribution in [0.2, 0.25) is 0 Å². The minimum absolute atomic E-state index is 0.399. The lowest BCUT2D eigenvalue weighted by atomic mass is 10.1. The molecule has 0 aliphatic rings. The summed E-state index contributed by atoms with van der Waals surface area (Å²) in [6.45, 7) is 2.07. The van der Waals surface area contributed by atoms with Gasteiger partial charge in [0.05, 0.1) is 13.1 Å². The molecule has 0 saturated carbocycles. The predicted octanol–water partition coefficient (Wildman–Crippen LogP) is 1.02. The molecule has 7 nitrogen and oxygen atoms in total. The number of rotatable bonds is 9. The van der Waals surface area contributed by atoms with E-state index in [0.29, 0.717) is 6.42 Å². The molecule has 0 aromatic heterocycles. The first-order valence-electron chi connectivity index (χ1n) is 7.21. The van der Waals surface area contributed by atoms with E-state index in [1.165, 1.54) is 6.92 Å². The Labute approximate surface area is 134 Å². The first-order valence-corrected chi connectivity index (χ1v) is 7.21. The highest BCUT2D eigenvalue weighted by molar-refractivity contribution is 5.79. The molecular formula is C16H21NO6. The quantitative estimate of drug-likeness (QED) is 0.654. The van der Waals surface area contributed by atoms with Crippen molar-refractivity contribution in [3.05, 3.63) is 35.9 Å². The van der Waals surface area contributed by atoms with Gasteiger partial charge < -0.3 is 14.9 Å². The lowest BCUT2D eigenvalue weighted by Crippen LogP contribution is -2.46. The van der Waals surface area contributed by atoms with Crippen LogP contribution in [0.25, 0.3) is 0 Å². The number of aliphatic carboxylic acids is 2. The summed E-state index contributed by atoms with van der Waals surface area (Å²) in [7, 11) is 0. The molecule has 0 saturated heterocycles. The van der Waals surface area contributed by atoms with Gasteiger partial charge in [-0.25, -0.2) is 0 Å². The summed E-state index contributed by atoms with van der Waals surface area (Å²) in [5.41, 5.74) is 1.01. The van der Waals surface area contributed by atoms with E-state index in [1.807, 2.05) is 30.3 Å². The van der Waals surface area contributed by atoms with Gasteiger partial charge in [0, 0.05) is 6.42 Å². The van der Waals surface area contributed by atoms with Gasteiger partial charge in [-0.15, -0.1) is 0 Å². The molecule has 1 rings (SSSR count). The van der Waals surface area contributed by atoms with Crippen molar-refractivity contribution in [2.75, 3.05) is 13.1 Å². The van der Waals surface area contributed by atoms with Gasteiger partial charge in [-0.1, -0.05) is 30.3 Å². The molecule has 0 radical (unpaired) electrons. The molecule has 2 N–H and O–H groups in total. The van der Waals surface area contributed by atoms with Crippen LogP contribution in [0, 0.1) is 0 Å². The zero-order valence-corrected chi connectivity index (χ0v) is 13.1. The van der Waals surface area contributed by atoms with Gasteiger partial charge >= 0.3 is 17.9 Å². The van der Waals surface area contributed by atoms with E-state index in [1.54, 1.807) is 6.92 Å². The number of hydrogen-bond donors (Lipinski definition) is 2. The number of carboxylic acid groups (broad SMARTS) is 2. The summed E-state index contributed by atoms with van der Waals surface area (Å²) >= 11 is 0. The monoisotopic (exact) mass is 323 g/mol. The molecule has 0 amide bonds. The molecule has 2 atom stereocenters. The van der Waals surface area contributed by atoms with Crippen molar-refractivity contribution < 1.29 is 29.3 Å². The topological polar surface area (TPSA) is 104 Å². The van der Waals surface area contributed by atoms with Gasteiger partial charge in [-0.3, -0.25) is 19.3 Å². The molecule has 0 aliphatic heterocycles. The number of benzene rings is 1. The zero-order valence-electron chi connectivity index (χ0n) is 13.1. The molecule has 7 heteroatoms. The van der Waals surface area contributed by atoms with Crippen LogP contribution in [-0.2, 0) is 25.5 Å². The fraction of sp³-hybridized carbons (Fsp3) is 0.438. The summed E-state index contributed by atoms with van der Waals surface area (Å²) in [4.78, 5) is 34.7. The molecule has 0 heterocycles. The summed E-state index contributed by atoms with van der Waals surface area (Å²) in [6.07, 6.45) is 0.126. The number of hydrogen-bond acceptors (Lipinski definition) is 5. The third-order valence-corrected chi connectivity index (χ3v) is 3.25. The van der Waals surface area contributed by atoms with Crippen molar-refractivity contribution in [2.45, 2.75) is 32.4 Å². The fourth-order valence-corrected chi connectivity index (χ4v) is 2.11. The Balaban J connectivity index is 2.62. The highest BCUT2D eigenvalue weighted by Gasteiger charge is 2.27. The second-order valence-corrected chi connectivity index (χ2v) is 5.31. The van der Waals surface area contributed by atoms with Gasteiger partial charge in [0.2, 0.25) is 0 Å². The van der Waals surface area contributed by atoms with Crippen LogP contribution >= 0.6 is 0 Å². The molecule has 126 valence electrons. The van der Waals surface area contributed by atoms with Crippen LogP contribution in [-0.4, -0.2) is 58.3 Å². The molecule has 0 fully saturated rings. The maximum atomic E-state index is 12.1. The Morgan fingerprint density at radius 2 is 1.57 bits per heavy atom. The number of carboxylic acids is 2. The number of carbonyl (C=O) groups is 3. The van der Waals surface area contributed by atoms with Crippen LogP contribution in [0.1, 0.15) is 19.4 Å². The third kappa shape index (κ3) is 6.92. The van der Waals surface area contributed by atoms with E-state index >= 15 is 0 Å². The van der Waals surface area contributed by atoms with E-state index in [0.717, 1.165) is 10.5 Å². The molecule has 1 aromatic rings. The highest BCUT2D eigenvalue weighted by atomic mass is 16.5. The summed E-state index contributed by atoms with van der Waals surface area (Å²) in [6, 6.07) is 8.52. The summed E-state index contributed by atoms with van der Waals surface area (Å²) < 4.78 is 5.29. The maximum absolute atomic E-state index is 12.1. The minimum atomic E-state index is -1.21. The molecule has 23 heavy (non-hydrogen) atoms. The number of carbonyl (C=O) groups excluding carboxylic acids is 1. The van der Waals surface area contributed by atoms with Gasteiger partial charge in [0.15, 0.2) is 0 Å². The van der Waals surface area contributed by atoms with Crippen LogP contribution in [0.15, 0.2) is 30.3 Å². The average molecular weight is 323 g/mol. The second-order valence-electron chi connectivity index (χ2n) is 5.31. The number of nitrogens with zero attached hydrogens (tertiary/aromatic N) is 1. The van der Waals surface area contributed by atoms with Gasteiger partial charge in [0.1, 0.15) is 12.1 Å². The summed E-state index contributed by atoms with van der Waals surface area (Å²) in [5, 5.41) is 17.6. The average Bonchev–Trinajstić information content (AvgIpc) is 2.45. The van der Waals surface area contributed by atoms with Crippen molar-refractivity contribution in [3.8, 4) is 0 Å². The van der Waals surface area contributed by atoms with E-state index < -0.39 is 43.1 Å². The normalized spacial score (nSPS) is 13.3. The molecule has 2 unspecified atom stereocenters. The van der Waals surface area contributed by atoms with Crippen molar-refractivity contribution in [3.63, 3.8) is 0 Å². The fourth-order valence-electron chi connectivity index (χ4n) is 2.11. The van der Waals surface area contributed by atoms with Crippen molar-refractivity contribution in [1.29, 1.82) is 0 Å². The maximum Gasteiger partial charge on any atom is 0.323 e. The molecule has 0 spiro atoms. The minimum Gasteiger partial charge on any atom is -0.480 e. The van der Waals surface area contributed by atoms with Crippen molar-refractivity contribution >= 4 is 17.9 Å². The Kier molecular flexibility index (Phi) is 7.21. The lowest BCUT2D eigenvalue weighted by Gasteiger charge is -2.25. The molecule has 0 bridgehead atoms. The van der Waals surface area contributed by atoms with Gasteiger partial charge in [0.25, 0.3) is 0 Å². The Bertz CT molecular complexity index is 529. The summed E-state index contributed by atoms with van der Waals surface area (Å²) in [5.74, 6) is -3.05. The third-order valence-electron chi connectivity index (χ3n) is 3.25. The highest BCUT2D eigenvalue weighted by Crippen LogP contribution is 2.09. The van der Waals surface area contributed by atoms with E-state index in [4.69, 9.17) is 14.9 Å². The lowest BCUT2D eigenvalue weighted by molar-refractivity contribution is -0.156. The Morgan fingerprint density at radius 3 is 2.04 bits per heavy atom. The van der Waals surface area contributed by atoms with Crippen LogP contribution in [0.5, 0.6) is 0 Å². The molecular weight excluding hydrogens is 302 g/mol. The Hall–Kier alpha value is -2.41. The first-order chi connectivity index (χ1) is 10.8. The van der Waals surface area contributed by atoms with Crippen LogP contribution < -0.4 is 0 Å². The standard InChI is InChI=1S/C16H21NO6/c1-11(8-13-6-4-3-5-7-13)23-16(22)12(2)17(9-14(18)19)10-15(20)21/h3-7,11-12H,8-10H2,1-2H3,(H,18,19)(H,20,21). The SMILES string of the molecule is CC(Cc1ccccc1)OC(=O)C(C)N(CC(=O)O)CC(=O)O. The van der Waals surface area contributed by atoms with Gasteiger partial charge in [-0.2, -0.15) is 0 Å². The largest absolute Gasteiger partial charge is 0.480 e. The predicted molar refractivity (Wildman–Crippen MR) is 82.0 cm³/mol. The van der Waals surface area contributed by atoms with Gasteiger partial charge in [-0.05, 0) is 19.4 Å². The van der Waals surface area contributed by atoms with E-state index in [-0.39, 0.29) is 0 Å². The smallest absolute Gasteiger partial charge is 0.323 e. The molecule has 0 aliphatic carbocycles. The van der Waals surface area contributed by atoms with E-state index in [9.17, 15) is 14.4 Å². The van der Waals surface area contributed by atoms with Crippen molar-refractivity contribution in [1.82, 2.24) is 4.90 Å². The van der Waals surface area contributed by atoms with Crippen molar-refractivity contribution in [2.24, 2.45) is 0 Å². The van der Waals surface area contributed by atoms with Crippen LogP contribution in [0.3, 0.4) is 0 Å². The van der Waals surface area contributed by atoms with E-state index in [2.05, 4.69) is 0 Å².